The number of nitrogens with zero attached hydrogens (tertiary/aromatic N) is 1. The Morgan fingerprint density at radius 1 is 1.04 bits per heavy atom. The maximum Gasteiger partial charge on any atom is 0.329 e. The van der Waals surface area contributed by atoms with E-state index in [1.807, 2.05) is 54.6 Å². The van der Waals surface area contributed by atoms with Crippen molar-refractivity contribution in [3.63, 3.8) is 0 Å². The van der Waals surface area contributed by atoms with Crippen molar-refractivity contribution >= 4 is 16.7 Å². The van der Waals surface area contributed by atoms with Gasteiger partial charge in [0, 0.05) is 11.6 Å². The van der Waals surface area contributed by atoms with Crippen molar-refractivity contribution in [1.29, 1.82) is 0 Å². The third-order valence-corrected chi connectivity index (χ3v) is 3.82. The van der Waals surface area contributed by atoms with Gasteiger partial charge in [-0.3, -0.25) is 4.79 Å². The van der Waals surface area contributed by atoms with Crippen LogP contribution in [0.2, 0.25) is 0 Å². The van der Waals surface area contributed by atoms with Gasteiger partial charge in [0.15, 0.2) is 0 Å². The summed E-state index contributed by atoms with van der Waals surface area (Å²) in [6, 6.07) is 17.9. The molecule has 1 unspecified atom stereocenters. The molecule has 3 rings (SSSR count). The summed E-state index contributed by atoms with van der Waals surface area (Å²) in [5.74, 6) is -0.425. The zero-order valence-corrected chi connectivity index (χ0v) is 12.8. The fraction of sp³-hybridized carbons (Fsp3) is 0.158. The summed E-state index contributed by atoms with van der Waals surface area (Å²) in [6.07, 6.45) is 1.64. The minimum Gasteiger partial charge on any atom is -0.459 e. The van der Waals surface area contributed by atoms with Gasteiger partial charge in [-0.15, -0.1) is 0 Å². The number of rotatable bonds is 4. The van der Waals surface area contributed by atoms with E-state index in [-0.39, 0.29) is 12.2 Å². The van der Waals surface area contributed by atoms with E-state index in [0.717, 1.165) is 10.9 Å². The molecule has 0 saturated heterocycles. The second-order valence-corrected chi connectivity index (χ2v) is 5.38. The van der Waals surface area contributed by atoms with Crippen molar-refractivity contribution < 1.29 is 9.53 Å². The highest BCUT2D eigenvalue weighted by atomic mass is 16.5. The Kier molecular flexibility index (Phi) is 4.24. The minimum absolute atomic E-state index is 0.188. The van der Waals surface area contributed by atoms with Crippen LogP contribution in [0.3, 0.4) is 0 Å². The van der Waals surface area contributed by atoms with Gasteiger partial charge in [0.25, 0.3) is 5.56 Å². The molecule has 0 radical (unpaired) electrons. The van der Waals surface area contributed by atoms with E-state index in [2.05, 4.69) is 0 Å². The van der Waals surface area contributed by atoms with Crippen LogP contribution in [0.15, 0.2) is 71.7 Å². The molecule has 0 aliphatic heterocycles. The first-order chi connectivity index (χ1) is 11.2. The van der Waals surface area contributed by atoms with E-state index in [1.54, 1.807) is 19.2 Å². The number of hydrogen-bond acceptors (Lipinski definition) is 3. The first kappa shape index (κ1) is 15.0. The van der Waals surface area contributed by atoms with Crippen LogP contribution in [-0.4, -0.2) is 10.5 Å². The lowest BCUT2D eigenvalue weighted by Gasteiger charge is -2.15. The molecule has 0 bridgehead atoms. The van der Waals surface area contributed by atoms with Crippen molar-refractivity contribution in [2.24, 2.45) is 0 Å². The average Bonchev–Trinajstić information content (AvgIpc) is 2.60. The molecule has 1 aromatic heterocycles. The summed E-state index contributed by atoms with van der Waals surface area (Å²) < 4.78 is 6.73. The maximum absolute atomic E-state index is 12.5. The topological polar surface area (TPSA) is 48.3 Å². The highest BCUT2D eigenvalue weighted by molar-refractivity contribution is 5.82. The minimum atomic E-state index is -0.671. The van der Waals surface area contributed by atoms with Gasteiger partial charge < -0.3 is 9.30 Å². The molecule has 0 N–H and O–H groups in total. The molecular formula is C19H17NO3. The van der Waals surface area contributed by atoms with Crippen molar-refractivity contribution in [1.82, 2.24) is 4.57 Å². The van der Waals surface area contributed by atoms with Crippen LogP contribution in [0.4, 0.5) is 0 Å². The zero-order valence-electron chi connectivity index (χ0n) is 12.8. The number of ether oxygens (including phenoxy) is 1. The normalized spacial score (nSPS) is 12.0. The molecule has 0 spiro atoms. The molecular weight excluding hydrogens is 290 g/mol. The van der Waals surface area contributed by atoms with E-state index >= 15 is 0 Å². The monoisotopic (exact) mass is 307 g/mol. The SMILES string of the molecule is CC(C(=O)OCc1ccccc1)n1ccc2ccccc2c1=O. The van der Waals surface area contributed by atoms with Crippen molar-refractivity contribution in [2.75, 3.05) is 0 Å². The van der Waals surface area contributed by atoms with Gasteiger partial charge in [-0.2, -0.15) is 0 Å². The average molecular weight is 307 g/mol. The van der Waals surface area contributed by atoms with Crippen molar-refractivity contribution in [3.8, 4) is 0 Å². The van der Waals surface area contributed by atoms with Crippen LogP contribution >= 0.6 is 0 Å². The number of hydrogen-bond donors (Lipinski definition) is 0. The van der Waals surface area contributed by atoms with E-state index in [1.165, 1.54) is 4.57 Å². The van der Waals surface area contributed by atoms with Gasteiger partial charge in [0.1, 0.15) is 12.6 Å². The summed E-state index contributed by atoms with van der Waals surface area (Å²) >= 11 is 0. The first-order valence-electron chi connectivity index (χ1n) is 7.47. The van der Waals surface area contributed by atoms with Gasteiger partial charge in [0.05, 0.1) is 0 Å². The second-order valence-electron chi connectivity index (χ2n) is 5.38. The van der Waals surface area contributed by atoms with Gasteiger partial charge >= 0.3 is 5.97 Å². The third-order valence-electron chi connectivity index (χ3n) is 3.82. The summed E-state index contributed by atoms with van der Waals surface area (Å²) in [5.41, 5.74) is 0.728. The lowest BCUT2D eigenvalue weighted by Crippen LogP contribution is -2.28. The summed E-state index contributed by atoms with van der Waals surface area (Å²) in [7, 11) is 0. The van der Waals surface area contributed by atoms with Gasteiger partial charge in [-0.1, -0.05) is 48.5 Å². The first-order valence-corrected chi connectivity index (χ1v) is 7.47. The number of carbonyl (C=O) groups excluding carboxylic acids is 1. The number of aromatic nitrogens is 1. The van der Waals surface area contributed by atoms with E-state index in [4.69, 9.17) is 4.74 Å². The van der Waals surface area contributed by atoms with Crippen LogP contribution < -0.4 is 5.56 Å². The Labute approximate surface area is 133 Å². The molecule has 0 amide bonds. The molecule has 0 aliphatic carbocycles. The Bertz CT molecular complexity index is 884. The van der Waals surface area contributed by atoms with Crippen LogP contribution in [0, 0.1) is 0 Å². The largest absolute Gasteiger partial charge is 0.459 e. The summed E-state index contributed by atoms with van der Waals surface area (Å²) in [5, 5.41) is 1.45. The fourth-order valence-corrected chi connectivity index (χ4v) is 2.47. The number of esters is 1. The highest BCUT2D eigenvalue weighted by Gasteiger charge is 2.18. The molecule has 0 saturated carbocycles. The van der Waals surface area contributed by atoms with Crippen molar-refractivity contribution in [2.45, 2.75) is 19.6 Å². The van der Waals surface area contributed by atoms with Crippen LogP contribution in [0.25, 0.3) is 10.8 Å². The predicted octanol–water partition coefficient (Wildman–Crippen LogP) is 3.31. The summed E-state index contributed by atoms with van der Waals surface area (Å²) in [4.78, 5) is 24.7. The van der Waals surface area contributed by atoms with E-state index < -0.39 is 12.0 Å². The van der Waals surface area contributed by atoms with Crippen LogP contribution in [0.5, 0.6) is 0 Å². The lowest BCUT2D eigenvalue weighted by atomic mass is 10.1. The Balaban J connectivity index is 1.80. The lowest BCUT2D eigenvalue weighted by molar-refractivity contribution is -0.148. The zero-order chi connectivity index (χ0) is 16.2. The van der Waals surface area contributed by atoms with Gasteiger partial charge in [-0.25, -0.2) is 4.79 Å². The number of benzene rings is 2. The molecule has 4 heteroatoms. The second kappa shape index (κ2) is 6.48. The Morgan fingerprint density at radius 3 is 2.52 bits per heavy atom. The Morgan fingerprint density at radius 2 is 1.74 bits per heavy atom. The van der Waals surface area contributed by atoms with Gasteiger partial charge in [0.2, 0.25) is 0 Å². The molecule has 116 valence electrons. The Hall–Kier alpha value is -2.88. The van der Waals surface area contributed by atoms with Crippen LogP contribution in [-0.2, 0) is 16.1 Å². The van der Waals surface area contributed by atoms with Crippen molar-refractivity contribution in [3.05, 3.63) is 82.8 Å². The quantitative estimate of drug-likeness (QED) is 0.695. The van der Waals surface area contributed by atoms with Gasteiger partial charge in [-0.05, 0) is 30.0 Å². The smallest absolute Gasteiger partial charge is 0.329 e. The number of pyridine rings is 1. The number of carbonyl (C=O) groups is 1. The number of fused-ring (bicyclic) bond motifs is 1. The molecule has 0 fully saturated rings. The fourth-order valence-electron chi connectivity index (χ4n) is 2.47. The molecule has 2 aromatic carbocycles. The molecule has 23 heavy (non-hydrogen) atoms. The van der Waals surface area contributed by atoms with Crippen LogP contribution in [0.1, 0.15) is 18.5 Å². The standard InChI is InChI=1S/C19H17NO3/c1-14(19(22)23-13-15-7-3-2-4-8-15)20-12-11-16-9-5-6-10-17(16)18(20)21/h2-12,14H,13H2,1H3. The molecule has 1 atom stereocenters. The van der Waals surface area contributed by atoms with E-state index in [9.17, 15) is 9.59 Å². The predicted molar refractivity (Wildman–Crippen MR) is 89.2 cm³/mol. The van der Waals surface area contributed by atoms with E-state index in [0.29, 0.717) is 5.39 Å². The molecule has 0 aliphatic rings. The summed E-state index contributed by atoms with van der Waals surface area (Å²) in [6.45, 7) is 1.87. The third kappa shape index (κ3) is 3.16. The maximum atomic E-state index is 12.5. The molecule has 1 heterocycles. The molecule has 4 nitrogen and oxygen atoms in total. The highest BCUT2D eigenvalue weighted by Crippen LogP contribution is 2.13. The molecule has 3 aromatic rings.